The smallest absolute Gasteiger partial charge is 0.319 e. The second-order valence-corrected chi connectivity index (χ2v) is 7.32. The molecule has 0 atom stereocenters. The van der Waals surface area contributed by atoms with Crippen molar-refractivity contribution in [2.75, 3.05) is 45.2 Å². The lowest BCUT2D eigenvalue weighted by Gasteiger charge is -2.34. The van der Waals surface area contributed by atoms with Crippen molar-refractivity contribution in [1.29, 1.82) is 0 Å². The lowest BCUT2D eigenvalue weighted by molar-refractivity contribution is -0.142. The highest BCUT2D eigenvalue weighted by molar-refractivity contribution is 5.97. The number of nitrogens with zero attached hydrogens (tertiary/aromatic N) is 4. The van der Waals surface area contributed by atoms with Gasteiger partial charge in [-0.3, -0.25) is 19.3 Å². The van der Waals surface area contributed by atoms with E-state index in [-0.39, 0.29) is 30.9 Å². The van der Waals surface area contributed by atoms with E-state index in [0.29, 0.717) is 37.4 Å². The minimum absolute atomic E-state index is 0.0892. The van der Waals surface area contributed by atoms with Gasteiger partial charge in [-0.2, -0.15) is 0 Å². The lowest BCUT2D eigenvalue weighted by atomic mass is 10.1. The molecule has 2 aromatic rings. The number of hydrogen-bond donors (Lipinski definition) is 1. The summed E-state index contributed by atoms with van der Waals surface area (Å²) in [5.74, 6) is 0.214. The predicted molar refractivity (Wildman–Crippen MR) is 111 cm³/mol. The molecule has 0 bridgehead atoms. The van der Waals surface area contributed by atoms with Crippen LogP contribution in [0.25, 0.3) is 0 Å². The van der Waals surface area contributed by atoms with Crippen molar-refractivity contribution in [3.63, 3.8) is 0 Å². The highest BCUT2D eigenvalue weighted by Gasteiger charge is 2.24. The topological polar surface area (TPSA) is 96.8 Å². The molecule has 9 heteroatoms. The third kappa shape index (κ3) is 5.24. The van der Waals surface area contributed by atoms with Crippen molar-refractivity contribution in [3.05, 3.63) is 47.5 Å². The molecule has 9 nitrogen and oxygen atoms in total. The van der Waals surface area contributed by atoms with E-state index in [2.05, 4.69) is 10.3 Å². The number of esters is 1. The fourth-order valence-electron chi connectivity index (χ4n) is 3.34. The molecule has 1 saturated heterocycles. The first-order valence-electron chi connectivity index (χ1n) is 9.84. The molecule has 0 spiro atoms. The lowest BCUT2D eigenvalue weighted by Crippen LogP contribution is -2.50. The van der Waals surface area contributed by atoms with Crippen molar-refractivity contribution in [1.82, 2.24) is 19.4 Å². The summed E-state index contributed by atoms with van der Waals surface area (Å²) in [4.78, 5) is 44.6. The van der Waals surface area contributed by atoms with E-state index in [1.807, 2.05) is 24.8 Å². The highest BCUT2D eigenvalue weighted by atomic mass is 16.5. The number of ether oxygens (including phenoxy) is 1. The molecule has 0 unspecified atom stereocenters. The van der Waals surface area contributed by atoms with Crippen LogP contribution >= 0.6 is 0 Å². The molecular weight excluding hydrogens is 386 g/mol. The number of carbonyl (C=O) groups excluding carboxylic acids is 3. The van der Waals surface area contributed by atoms with E-state index in [0.717, 1.165) is 11.4 Å². The van der Waals surface area contributed by atoms with Gasteiger partial charge in [0.1, 0.15) is 12.4 Å². The predicted octanol–water partition coefficient (Wildman–Crippen LogP) is 1.07. The minimum atomic E-state index is -0.278. The number of imidazole rings is 1. The van der Waals surface area contributed by atoms with E-state index in [1.54, 1.807) is 34.0 Å². The third-order valence-electron chi connectivity index (χ3n) is 5.24. The number of hydrogen-bond acceptors (Lipinski definition) is 6. The Morgan fingerprint density at radius 2 is 1.83 bits per heavy atom. The Morgan fingerprint density at radius 3 is 2.47 bits per heavy atom. The first-order valence-corrected chi connectivity index (χ1v) is 9.84. The maximum Gasteiger partial charge on any atom is 0.319 e. The largest absolute Gasteiger partial charge is 0.468 e. The number of nitrogens with one attached hydrogen (secondary N) is 1. The number of anilines is 1. The summed E-state index contributed by atoms with van der Waals surface area (Å²) in [5, 5.41) is 2.89. The highest BCUT2D eigenvalue weighted by Crippen LogP contribution is 2.19. The number of amides is 2. The maximum absolute atomic E-state index is 12.9. The molecule has 30 heavy (non-hydrogen) atoms. The molecule has 3 rings (SSSR count). The normalized spacial score (nSPS) is 14.4. The van der Waals surface area contributed by atoms with Crippen LogP contribution in [0.3, 0.4) is 0 Å². The Kier molecular flexibility index (Phi) is 6.83. The minimum Gasteiger partial charge on any atom is -0.468 e. The van der Waals surface area contributed by atoms with Gasteiger partial charge in [0.25, 0.3) is 5.91 Å². The molecule has 1 N–H and O–H groups in total. The van der Waals surface area contributed by atoms with Gasteiger partial charge in [-0.25, -0.2) is 4.98 Å². The van der Waals surface area contributed by atoms with Crippen molar-refractivity contribution in [2.24, 2.45) is 0 Å². The van der Waals surface area contributed by atoms with Crippen molar-refractivity contribution in [3.8, 4) is 0 Å². The van der Waals surface area contributed by atoms with Gasteiger partial charge in [-0.15, -0.1) is 0 Å². The number of aromatic nitrogens is 2. The average molecular weight is 413 g/mol. The molecule has 1 aliphatic heterocycles. The van der Waals surface area contributed by atoms with Gasteiger partial charge in [-0.05, 0) is 31.5 Å². The van der Waals surface area contributed by atoms with E-state index in [4.69, 9.17) is 4.74 Å². The van der Waals surface area contributed by atoms with E-state index >= 15 is 0 Å². The molecule has 0 aliphatic carbocycles. The van der Waals surface area contributed by atoms with Crippen LogP contribution in [0, 0.1) is 13.8 Å². The summed E-state index contributed by atoms with van der Waals surface area (Å²) < 4.78 is 6.45. The first-order chi connectivity index (χ1) is 14.4. The molecule has 2 amide bonds. The summed E-state index contributed by atoms with van der Waals surface area (Å²) in [6.07, 6.45) is 3.40. The zero-order valence-corrected chi connectivity index (χ0v) is 17.6. The van der Waals surface area contributed by atoms with E-state index in [9.17, 15) is 14.4 Å². The van der Waals surface area contributed by atoms with Crippen molar-refractivity contribution >= 4 is 23.5 Å². The van der Waals surface area contributed by atoms with Crippen LogP contribution in [0.4, 0.5) is 5.69 Å². The molecule has 1 aromatic heterocycles. The van der Waals surface area contributed by atoms with Crippen LogP contribution in [0.1, 0.15) is 21.7 Å². The fourth-order valence-corrected chi connectivity index (χ4v) is 3.34. The van der Waals surface area contributed by atoms with Gasteiger partial charge >= 0.3 is 5.97 Å². The van der Waals surface area contributed by atoms with Gasteiger partial charge in [0.15, 0.2) is 0 Å². The molecule has 2 heterocycles. The van der Waals surface area contributed by atoms with Gasteiger partial charge < -0.3 is 19.5 Å². The molecule has 1 aliphatic rings. The van der Waals surface area contributed by atoms with Gasteiger partial charge in [0.05, 0.1) is 13.7 Å². The quantitative estimate of drug-likeness (QED) is 0.712. The average Bonchev–Trinajstić information content (AvgIpc) is 3.13. The molecule has 0 radical (unpaired) electrons. The molecule has 1 aromatic carbocycles. The van der Waals surface area contributed by atoms with Crippen LogP contribution in [-0.2, 0) is 20.9 Å². The van der Waals surface area contributed by atoms with Crippen LogP contribution < -0.4 is 5.32 Å². The molecule has 1 fully saturated rings. The van der Waals surface area contributed by atoms with E-state index in [1.165, 1.54) is 7.11 Å². The van der Waals surface area contributed by atoms with Crippen LogP contribution in [-0.4, -0.2) is 77.0 Å². The standard InChI is InChI=1S/C21H27N5O4/c1-15-4-5-17(12-18(15)23-19(27)13-26-7-6-22-16(26)2)21(29)25-10-8-24(9-11-25)14-20(28)30-3/h4-7,12H,8-11,13-14H2,1-3H3,(H,23,27). The summed E-state index contributed by atoms with van der Waals surface area (Å²) >= 11 is 0. The van der Waals surface area contributed by atoms with Gasteiger partial charge in [-0.1, -0.05) is 6.07 Å². The third-order valence-corrected chi connectivity index (χ3v) is 5.24. The number of carbonyl (C=O) groups is 3. The zero-order valence-electron chi connectivity index (χ0n) is 17.6. The summed E-state index contributed by atoms with van der Waals surface area (Å²) in [6.45, 7) is 6.40. The van der Waals surface area contributed by atoms with E-state index < -0.39 is 0 Å². The van der Waals surface area contributed by atoms with Gasteiger partial charge in [0, 0.05) is 49.8 Å². The number of methoxy groups -OCH3 is 1. The number of piperazine rings is 1. The second kappa shape index (κ2) is 9.53. The number of rotatable bonds is 6. The van der Waals surface area contributed by atoms with Gasteiger partial charge in [0.2, 0.25) is 5.91 Å². The Balaban J connectivity index is 1.62. The molecule has 0 saturated carbocycles. The Labute approximate surface area is 175 Å². The SMILES string of the molecule is COC(=O)CN1CCN(C(=O)c2ccc(C)c(NC(=O)Cn3ccnc3C)c2)CC1. The summed E-state index contributed by atoms with van der Waals surface area (Å²) in [5.41, 5.74) is 2.02. The van der Waals surface area contributed by atoms with Crippen LogP contribution in [0.5, 0.6) is 0 Å². The fraction of sp³-hybridized carbons (Fsp3) is 0.429. The molecule has 160 valence electrons. The number of benzene rings is 1. The maximum atomic E-state index is 12.9. The first kappa shape index (κ1) is 21.5. The second-order valence-electron chi connectivity index (χ2n) is 7.32. The van der Waals surface area contributed by atoms with Crippen molar-refractivity contribution < 1.29 is 19.1 Å². The summed E-state index contributed by atoms with van der Waals surface area (Å²) in [7, 11) is 1.37. The number of aryl methyl sites for hydroxylation is 2. The Morgan fingerprint density at radius 1 is 1.10 bits per heavy atom. The van der Waals surface area contributed by atoms with Crippen LogP contribution in [0.15, 0.2) is 30.6 Å². The zero-order chi connectivity index (χ0) is 21.7. The Hall–Kier alpha value is -3.20. The van der Waals surface area contributed by atoms with Crippen LogP contribution in [0.2, 0.25) is 0 Å². The summed E-state index contributed by atoms with van der Waals surface area (Å²) in [6, 6.07) is 5.32. The Bertz CT molecular complexity index is 931. The molecular formula is C21H27N5O4. The van der Waals surface area contributed by atoms with Crippen molar-refractivity contribution in [2.45, 2.75) is 20.4 Å². The monoisotopic (exact) mass is 413 g/mol.